The Bertz CT molecular complexity index is 696. The number of aromatic hydroxyl groups is 1. The number of phenolic OH excluding ortho intramolecular Hbond substituents is 1. The van der Waals surface area contributed by atoms with Crippen molar-refractivity contribution in [1.29, 1.82) is 0 Å². The van der Waals surface area contributed by atoms with Gasteiger partial charge in [-0.3, -0.25) is 10.1 Å². The maximum atomic E-state index is 11.3. The molecular weight excluding hydrogens is 284 g/mol. The quantitative estimate of drug-likeness (QED) is 0.589. The van der Waals surface area contributed by atoms with Crippen LogP contribution in [0.2, 0.25) is 5.02 Å². The molecule has 0 aliphatic heterocycles. The molecule has 0 atom stereocenters. The molecule has 7 N–H and O–H groups in total. The Labute approximate surface area is 118 Å². The lowest BCUT2D eigenvalue weighted by atomic mass is 10.1. The molecule has 0 saturated carbocycles. The molecule has 2 rings (SSSR count). The van der Waals surface area contributed by atoms with E-state index >= 15 is 0 Å². The number of nitrogens with one attached hydrogen (secondary N) is 2. The van der Waals surface area contributed by atoms with Crippen LogP contribution in [0.4, 0.5) is 10.6 Å². The van der Waals surface area contributed by atoms with Crippen LogP contribution in [0.5, 0.6) is 5.75 Å². The number of aromatic amines is 1. The van der Waals surface area contributed by atoms with Gasteiger partial charge >= 0.3 is 6.03 Å². The molecule has 0 fully saturated rings. The maximum absolute atomic E-state index is 11.3. The lowest BCUT2D eigenvalue weighted by molar-refractivity contribution is 0.100. The number of hydrogen-bond acceptors (Lipinski definition) is 3. The topological polar surface area (TPSA) is 134 Å². The number of primary amides is 2. The van der Waals surface area contributed by atoms with E-state index in [1.54, 1.807) is 0 Å². The van der Waals surface area contributed by atoms with Gasteiger partial charge in [-0.2, -0.15) is 0 Å². The molecule has 1 heterocycles. The molecule has 0 aliphatic carbocycles. The number of H-pyrrole nitrogens is 1. The third kappa shape index (κ3) is 2.67. The normalized spacial score (nSPS) is 10.2. The molecular formula is C12H11ClN4O3. The van der Waals surface area contributed by atoms with Gasteiger partial charge in [-0.05, 0) is 24.3 Å². The second kappa shape index (κ2) is 5.14. The lowest BCUT2D eigenvalue weighted by Gasteiger charge is -2.03. The molecule has 7 nitrogen and oxygen atoms in total. The number of benzene rings is 1. The van der Waals surface area contributed by atoms with Crippen LogP contribution in [-0.2, 0) is 0 Å². The number of anilines is 1. The van der Waals surface area contributed by atoms with Crippen LogP contribution in [0, 0.1) is 0 Å². The SMILES string of the molecule is NC(=O)Nc1[nH]c(-c2cc(Cl)ccc2O)cc1C(N)=O. The van der Waals surface area contributed by atoms with Crippen molar-refractivity contribution in [3.8, 4) is 17.0 Å². The minimum Gasteiger partial charge on any atom is -0.507 e. The summed E-state index contributed by atoms with van der Waals surface area (Å²) in [5.41, 5.74) is 11.0. The minimum absolute atomic E-state index is 0.0400. The zero-order valence-electron chi connectivity index (χ0n) is 10.1. The predicted octanol–water partition coefficient (Wildman–Crippen LogP) is 1.63. The Morgan fingerprint density at radius 3 is 2.55 bits per heavy atom. The van der Waals surface area contributed by atoms with Crippen molar-refractivity contribution in [3.05, 3.63) is 34.9 Å². The highest BCUT2D eigenvalue weighted by Crippen LogP contribution is 2.33. The number of nitrogens with two attached hydrogens (primary N) is 2. The number of hydrogen-bond donors (Lipinski definition) is 5. The van der Waals surface area contributed by atoms with E-state index in [1.807, 2.05) is 0 Å². The number of urea groups is 1. The van der Waals surface area contributed by atoms with Gasteiger partial charge in [-0.15, -0.1) is 0 Å². The average molecular weight is 295 g/mol. The summed E-state index contributed by atoms with van der Waals surface area (Å²) in [5.74, 6) is -0.741. The summed E-state index contributed by atoms with van der Waals surface area (Å²) in [6.07, 6.45) is 0. The number of amides is 3. The molecule has 0 spiro atoms. The van der Waals surface area contributed by atoms with Gasteiger partial charge in [0.2, 0.25) is 0 Å². The van der Waals surface area contributed by atoms with E-state index in [0.717, 1.165) is 0 Å². The molecule has 1 aromatic heterocycles. The van der Waals surface area contributed by atoms with Gasteiger partial charge in [0.15, 0.2) is 0 Å². The van der Waals surface area contributed by atoms with Crippen LogP contribution in [0.15, 0.2) is 24.3 Å². The third-order valence-electron chi connectivity index (χ3n) is 2.58. The summed E-state index contributed by atoms with van der Waals surface area (Å²) >= 11 is 5.85. The zero-order valence-corrected chi connectivity index (χ0v) is 10.9. The number of rotatable bonds is 3. The second-order valence-electron chi connectivity index (χ2n) is 3.99. The van der Waals surface area contributed by atoms with Crippen molar-refractivity contribution < 1.29 is 14.7 Å². The van der Waals surface area contributed by atoms with Crippen LogP contribution in [0.25, 0.3) is 11.3 Å². The number of halogens is 1. The molecule has 1 aromatic carbocycles. The number of phenols is 1. The molecule has 8 heteroatoms. The van der Waals surface area contributed by atoms with E-state index in [0.29, 0.717) is 16.3 Å². The van der Waals surface area contributed by atoms with E-state index in [9.17, 15) is 14.7 Å². The largest absolute Gasteiger partial charge is 0.507 e. The molecule has 0 aliphatic rings. The Balaban J connectivity index is 2.55. The van der Waals surface area contributed by atoms with E-state index in [2.05, 4.69) is 10.3 Å². The Kier molecular flexibility index (Phi) is 3.53. The maximum Gasteiger partial charge on any atom is 0.317 e. The highest BCUT2D eigenvalue weighted by atomic mass is 35.5. The molecule has 0 unspecified atom stereocenters. The fraction of sp³-hybridized carbons (Fsp3) is 0. The van der Waals surface area contributed by atoms with E-state index in [4.69, 9.17) is 23.1 Å². The Morgan fingerprint density at radius 1 is 1.25 bits per heavy atom. The Morgan fingerprint density at radius 2 is 1.95 bits per heavy atom. The molecule has 3 amide bonds. The van der Waals surface area contributed by atoms with Crippen LogP contribution in [0.3, 0.4) is 0 Å². The van der Waals surface area contributed by atoms with Crippen molar-refractivity contribution in [1.82, 2.24) is 4.98 Å². The van der Waals surface area contributed by atoms with E-state index in [1.165, 1.54) is 24.3 Å². The first-order valence-electron chi connectivity index (χ1n) is 5.46. The van der Waals surface area contributed by atoms with Gasteiger partial charge in [-0.25, -0.2) is 4.79 Å². The van der Waals surface area contributed by atoms with Gasteiger partial charge in [-0.1, -0.05) is 11.6 Å². The van der Waals surface area contributed by atoms with Gasteiger partial charge < -0.3 is 21.6 Å². The summed E-state index contributed by atoms with van der Waals surface area (Å²) in [5, 5.41) is 12.4. The summed E-state index contributed by atoms with van der Waals surface area (Å²) in [6.45, 7) is 0. The van der Waals surface area contributed by atoms with Crippen molar-refractivity contribution in [2.24, 2.45) is 11.5 Å². The van der Waals surface area contributed by atoms with Crippen molar-refractivity contribution in [3.63, 3.8) is 0 Å². The molecule has 0 saturated heterocycles. The van der Waals surface area contributed by atoms with Gasteiger partial charge in [0.1, 0.15) is 11.6 Å². The minimum atomic E-state index is -0.851. The van der Waals surface area contributed by atoms with Crippen molar-refractivity contribution in [2.45, 2.75) is 0 Å². The van der Waals surface area contributed by atoms with Gasteiger partial charge in [0.25, 0.3) is 5.91 Å². The predicted molar refractivity (Wildman–Crippen MR) is 74.6 cm³/mol. The average Bonchev–Trinajstić information content (AvgIpc) is 2.75. The molecule has 0 bridgehead atoms. The fourth-order valence-corrected chi connectivity index (χ4v) is 1.91. The third-order valence-corrected chi connectivity index (χ3v) is 2.82. The molecule has 104 valence electrons. The van der Waals surface area contributed by atoms with E-state index < -0.39 is 11.9 Å². The molecule has 2 aromatic rings. The van der Waals surface area contributed by atoms with Gasteiger partial charge in [0, 0.05) is 10.6 Å². The molecule has 0 radical (unpaired) electrons. The zero-order chi connectivity index (χ0) is 14.9. The fourth-order valence-electron chi connectivity index (χ4n) is 1.74. The van der Waals surface area contributed by atoms with Crippen molar-refractivity contribution >= 4 is 29.4 Å². The van der Waals surface area contributed by atoms with E-state index in [-0.39, 0.29) is 17.1 Å². The van der Waals surface area contributed by atoms with Crippen LogP contribution >= 0.6 is 11.6 Å². The second-order valence-corrected chi connectivity index (χ2v) is 4.42. The summed E-state index contributed by atoms with van der Waals surface area (Å²) in [6, 6.07) is 4.96. The van der Waals surface area contributed by atoms with Gasteiger partial charge in [0.05, 0.1) is 11.3 Å². The first-order valence-corrected chi connectivity index (χ1v) is 5.84. The summed E-state index contributed by atoms with van der Waals surface area (Å²) in [4.78, 5) is 24.9. The lowest BCUT2D eigenvalue weighted by Crippen LogP contribution is -2.22. The van der Waals surface area contributed by atoms with Crippen LogP contribution in [-0.4, -0.2) is 22.0 Å². The van der Waals surface area contributed by atoms with Crippen LogP contribution in [0.1, 0.15) is 10.4 Å². The monoisotopic (exact) mass is 294 g/mol. The highest BCUT2D eigenvalue weighted by Gasteiger charge is 2.17. The summed E-state index contributed by atoms with van der Waals surface area (Å²) < 4.78 is 0. The first-order chi connectivity index (χ1) is 9.38. The number of carbonyl (C=O) groups excluding carboxylic acids is 2. The number of carbonyl (C=O) groups is 2. The van der Waals surface area contributed by atoms with Crippen molar-refractivity contribution in [2.75, 3.05) is 5.32 Å². The van der Waals surface area contributed by atoms with Crippen LogP contribution < -0.4 is 16.8 Å². The standard InChI is InChI=1S/C12H11ClN4O3/c13-5-1-2-9(18)6(3-5)8-4-7(10(14)19)11(16-8)17-12(15)20/h1-4,16,18H,(H2,14,19)(H3,15,17,20). The Hall–Kier alpha value is -2.67. The first kappa shape index (κ1) is 13.8. The molecule has 20 heavy (non-hydrogen) atoms. The smallest absolute Gasteiger partial charge is 0.317 e. The highest BCUT2D eigenvalue weighted by molar-refractivity contribution is 6.31. The number of aromatic nitrogens is 1. The summed E-state index contributed by atoms with van der Waals surface area (Å²) in [7, 11) is 0.